The van der Waals surface area contributed by atoms with Gasteiger partial charge < -0.3 is 20.1 Å². The molecule has 0 saturated heterocycles. The van der Waals surface area contributed by atoms with Crippen molar-refractivity contribution < 1.29 is 19.1 Å². The highest BCUT2D eigenvalue weighted by molar-refractivity contribution is 6.36. The molecule has 0 aliphatic rings. The Balaban J connectivity index is 1.97. The number of carbonyl (C=O) groups excluding carboxylic acids is 2. The van der Waals surface area contributed by atoms with E-state index in [1.165, 1.54) is 12.1 Å². The molecular weight excluding hydrogens is 415 g/mol. The monoisotopic (exact) mass is 438 g/mol. The molecule has 0 radical (unpaired) electrons. The van der Waals surface area contributed by atoms with Crippen LogP contribution < -0.4 is 20.1 Å². The van der Waals surface area contributed by atoms with Crippen LogP contribution in [0.15, 0.2) is 36.4 Å². The lowest BCUT2D eigenvalue weighted by Crippen LogP contribution is -2.33. The average molecular weight is 439 g/mol. The largest absolute Gasteiger partial charge is 0.490 e. The zero-order chi connectivity index (χ0) is 21.2. The van der Waals surface area contributed by atoms with Gasteiger partial charge in [0.15, 0.2) is 11.5 Å². The van der Waals surface area contributed by atoms with Gasteiger partial charge in [-0.05, 0) is 43.2 Å². The minimum absolute atomic E-state index is 0.211. The number of amides is 2. The molecule has 2 aromatic rings. The number of hydrogen-bond acceptors (Lipinski definition) is 4. The van der Waals surface area contributed by atoms with Gasteiger partial charge in [0.25, 0.3) is 5.91 Å². The first-order valence-corrected chi connectivity index (χ1v) is 10.1. The first kappa shape index (κ1) is 22.8. The van der Waals surface area contributed by atoms with Gasteiger partial charge in [-0.3, -0.25) is 9.59 Å². The molecule has 0 heterocycles. The number of carbonyl (C=O) groups is 2. The molecular formula is C21H24Cl2N2O4. The Labute approximate surface area is 180 Å². The van der Waals surface area contributed by atoms with Crippen molar-refractivity contribution in [2.75, 3.05) is 25.1 Å². The van der Waals surface area contributed by atoms with Gasteiger partial charge in [-0.15, -0.1) is 0 Å². The first-order valence-electron chi connectivity index (χ1n) is 9.37. The third-order valence-electron chi connectivity index (χ3n) is 3.74. The van der Waals surface area contributed by atoms with Crippen molar-refractivity contribution in [3.05, 3.63) is 52.0 Å². The minimum Gasteiger partial charge on any atom is -0.490 e. The Morgan fingerprint density at radius 2 is 1.62 bits per heavy atom. The summed E-state index contributed by atoms with van der Waals surface area (Å²) in [6.07, 6.45) is 1.73. The van der Waals surface area contributed by atoms with E-state index < -0.39 is 5.91 Å². The molecule has 0 spiro atoms. The van der Waals surface area contributed by atoms with Crippen LogP contribution in [0.25, 0.3) is 0 Å². The maximum atomic E-state index is 12.2. The fourth-order valence-corrected chi connectivity index (χ4v) is 2.87. The second-order valence-electron chi connectivity index (χ2n) is 6.21. The van der Waals surface area contributed by atoms with Crippen LogP contribution in [0, 0.1) is 0 Å². The summed E-state index contributed by atoms with van der Waals surface area (Å²) in [7, 11) is 0. The van der Waals surface area contributed by atoms with Gasteiger partial charge in [-0.25, -0.2) is 0 Å². The number of halogens is 2. The lowest BCUT2D eigenvalue weighted by molar-refractivity contribution is -0.115. The second-order valence-corrected chi connectivity index (χ2v) is 7.06. The molecule has 2 amide bonds. The second kappa shape index (κ2) is 11.5. The summed E-state index contributed by atoms with van der Waals surface area (Å²) in [4.78, 5) is 24.4. The molecule has 8 heteroatoms. The molecule has 0 fully saturated rings. The van der Waals surface area contributed by atoms with Crippen LogP contribution in [0.1, 0.15) is 37.0 Å². The third kappa shape index (κ3) is 7.15. The van der Waals surface area contributed by atoms with Gasteiger partial charge in [0, 0.05) is 16.8 Å². The van der Waals surface area contributed by atoms with Gasteiger partial charge in [-0.1, -0.05) is 37.0 Å². The van der Waals surface area contributed by atoms with E-state index in [0.717, 1.165) is 12.8 Å². The summed E-state index contributed by atoms with van der Waals surface area (Å²) in [6.45, 7) is 4.93. The standard InChI is InChI=1S/C21H24Cl2N2O4/c1-3-9-28-18-8-6-15(12-19(18)29-10-4-2)25-20(26)13-24-21(27)16-7-5-14(22)11-17(16)23/h5-8,11-12H,3-4,9-10,13H2,1-2H3,(H,24,27)(H,25,26). The Bertz CT molecular complexity index is 859. The predicted molar refractivity (Wildman–Crippen MR) is 115 cm³/mol. The van der Waals surface area contributed by atoms with Gasteiger partial charge in [0.2, 0.25) is 5.91 Å². The molecule has 0 unspecified atom stereocenters. The lowest BCUT2D eigenvalue weighted by Gasteiger charge is -2.14. The highest BCUT2D eigenvalue weighted by atomic mass is 35.5. The molecule has 2 N–H and O–H groups in total. The Morgan fingerprint density at radius 3 is 2.28 bits per heavy atom. The Kier molecular flexibility index (Phi) is 9.09. The van der Waals surface area contributed by atoms with E-state index in [9.17, 15) is 9.59 Å². The highest BCUT2D eigenvalue weighted by Crippen LogP contribution is 2.31. The van der Waals surface area contributed by atoms with E-state index in [2.05, 4.69) is 10.6 Å². The maximum absolute atomic E-state index is 12.2. The highest BCUT2D eigenvalue weighted by Gasteiger charge is 2.13. The van der Waals surface area contributed by atoms with Crippen molar-refractivity contribution in [2.24, 2.45) is 0 Å². The molecule has 0 aromatic heterocycles. The predicted octanol–water partition coefficient (Wildman–Crippen LogP) is 4.94. The molecule has 0 atom stereocenters. The summed E-state index contributed by atoms with van der Waals surface area (Å²) in [5.41, 5.74) is 0.792. The number of hydrogen-bond donors (Lipinski definition) is 2. The average Bonchev–Trinajstić information content (AvgIpc) is 2.69. The normalized spacial score (nSPS) is 10.3. The molecule has 0 bridgehead atoms. The summed E-state index contributed by atoms with van der Waals surface area (Å²) in [5, 5.41) is 5.91. The van der Waals surface area contributed by atoms with Crippen LogP contribution in [0.3, 0.4) is 0 Å². The SMILES string of the molecule is CCCOc1ccc(NC(=O)CNC(=O)c2ccc(Cl)cc2Cl)cc1OCCC. The van der Waals surface area contributed by atoms with Crippen LogP contribution in [0.4, 0.5) is 5.69 Å². The molecule has 2 aromatic carbocycles. The molecule has 156 valence electrons. The van der Waals surface area contributed by atoms with E-state index in [1.54, 1.807) is 24.3 Å². The molecule has 2 rings (SSSR count). The first-order chi connectivity index (χ1) is 13.9. The number of rotatable bonds is 10. The van der Waals surface area contributed by atoms with E-state index in [1.807, 2.05) is 13.8 Å². The quantitative estimate of drug-likeness (QED) is 0.550. The molecule has 6 nitrogen and oxygen atoms in total. The molecule has 0 saturated carbocycles. The molecule has 0 aliphatic carbocycles. The third-order valence-corrected chi connectivity index (χ3v) is 4.28. The smallest absolute Gasteiger partial charge is 0.253 e. The summed E-state index contributed by atoms with van der Waals surface area (Å²) in [6, 6.07) is 9.71. The van der Waals surface area contributed by atoms with E-state index in [4.69, 9.17) is 32.7 Å². The fraction of sp³-hybridized carbons (Fsp3) is 0.333. The van der Waals surface area contributed by atoms with E-state index in [-0.39, 0.29) is 23.0 Å². The number of anilines is 1. The summed E-state index contributed by atoms with van der Waals surface area (Å²) < 4.78 is 11.4. The van der Waals surface area contributed by atoms with Crippen molar-refractivity contribution in [1.82, 2.24) is 5.32 Å². The van der Waals surface area contributed by atoms with E-state index in [0.29, 0.717) is 35.4 Å². The molecule has 29 heavy (non-hydrogen) atoms. The molecule has 0 aliphatic heterocycles. The van der Waals surface area contributed by atoms with Gasteiger partial charge in [-0.2, -0.15) is 0 Å². The summed E-state index contributed by atoms with van der Waals surface area (Å²) >= 11 is 11.8. The summed E-state index contributed by atoms with van der Waals surface area (Å²) in [5.74, 6) is 0.350. The zero-order valence-corrected chi connectivity index (χ0v) is 17.9. The van der Waals surface area contributed by atoms with Crippen molar-refractivity contribution >= 4 is 40.7 Å². The van der Waals surface area contributed by atoms with Crippen molar-refractivity contribution in [1.29, 1.82) is 0 Å². The fourth-order valence-electron chi connectivity index (χ4n) is 2.38. The van der Waals surface area contributed by atoms with Crippen molar-refractivity contribution in [2.45, 2.75) is 26.7 Å². The zero-order valence-electron chi connectivity index (χ0n) is 16.4. The van der Waals surface area contributed by atoms with Crippen LogP contribution in [-0.4, -0.2) is 31.6 Å². The topological polar surface area (TPSA) is 76.7 Å². The Hall–Kier alpha value is -2.44. The number of nitrogens with one attached hydrogen (secondary N) is 2. The number of benzene rings is 2. The van der Waals surface area contributed by atoms with Gasteiger partial charge >= 0.3 is 0 Å². The lowest BCUT2D eigenvalue weighted by atomic mass is 10.2. The Morgan fingerprint density at radius 1 is 0.931 bits per heavy atom. The maximum Gasteiger partial charge on any atom is 0.253 e. The van der Waals surface area contributed by atoms with Crippen molar-refractivity contribution in [3.8, 4) is 11.5 Å². The van der Waals surface area contributed by atoms with Crippen LogP contribution in [0.2, 0.25) is 10.0 Å². The van der Waals surface area contributed by atoms with Crippen molar-refractivity contribution in [3.63, 3.8) is 0 Å². The van der Waals surface area contributed by atoms with Crippen LogP contribution >= 0.6 is 23.2 Å². The number of ether oxygens (including phenoxy) is 2. The van der Waals surface area contributed by atoms with Gasteiger partial charge in [0.05, 0.1) is 30.3 Å². The van der Waals surface area contributed by atoms with Crippen LogP contribution in [-0.2, 0) is 4.79 Å². The van der Waals surface area contributed by atoms with Crippen LogP contribution in [0.5, 0.6) is 11.5 Å². The minimum atomic E-state index is -0.461. The van der Waals surface area contributed by atoms with Gasteiger partial charge in [0.1, 0.15) is 0 Å². The van der Waals surface area contributed by atoms with E-state index >= 15 is 0 Å².